The highest BCUT2D eigenvalue weighted by Crippen LogP contribution is 2.20. The fourth-order valence-corrected chi connectivity index (χ4v) is 3.55. The molecule has 2 heterocycles. The molecule has 1 fully saturated rings. The molecule has 3 rings (SSSR count). The molecule has 144 valence electrons. The number of rotatable bonds is 7. The van der Waals surface area contributed by atoms with Crippen LogP contribution in [0.15, 0.2) is 35.2 Å². The molecule has 0 bridgehead atoms. The summed E-state index contributed by atoms with van der Waals surface area (Å²) in [7, 11) is 0. The molecule has 27 heavy (non-hydrogen) atoms. The Hall–Kier alpha value is -2.28. The van der Waals surface area contributed by atoms with Crippen LogP contribution in [0, 0.1) is 6.92 Å². The SMILES string of the molecule is CSc1ccc(C(=O)NCCNc2cc(N3CCCCC3)nc(C)n2)cc1. The number of aromatic nitrogens is 2. The summed E-state index contributed by atoms with van der Waals surface area (Å²) in [5.74, 6) is 2.50. The lowest BCUT2D eigenvalue weighted by atomic mass is 10.1. The lowest BCUT2D eigenvalue weighted by Gasteiger charge is -2.28. The minimum absolute atomic E-state index is 0.0580. The number of aryl methyl sites for hydroxylation is 1. The van der Waals surface area contributed by atoms with Crippen molar-refractivity contribution in [1.29, 1.82) is 0 Å². The third-order valence-corrected chi connectivity index (χ3v) is 5.32. The van der Waals surface area contributed by atoms with Gasteiger partial charge in [0.05, 0.1) is 0 Å². The normalized spacial score (nSPS) is 14.1. The summed E-state index contributed by atoms with van der Waals surface area (Å²) in [4.78, 5) is 24.7. The van der Waals surface area contributed by atoms with Crippen molar-refractivity contribution in [3.8, 4) is 0 Å². The number of nitrogens with zero attached hydrogens (tertiary/aromatic N) is 3. The number of carbonyl (C=O) groups excluding carboxylic acids is 1. The van der Waals surface area contributed by atoms with Crippen LogP contribution in [0.5, 0.6) is 0 Å². The van der Waals surface area contributed by atoms with Gasteiger partial charge in [-0.05, 0) is 56.7 Å². The Morgan fingerprint density at radius 2 is 1.85 bits per heavy atom. The fourth-order valence-electron chi connectivity index (χ4n) is 3.14. The van der Waals surface area contributed by atoms with Gasteiger partial charge in [0, 0.05) is 42.7 Å². The molecule has 6 nitrogen and oxygen atoms in total. The molecule has 1 saturated heterocycles. The smallest absolute Gasteiger partial charge is 0.251 e. The van der Waals surface area contributed by atoms with Gasteiger partial charge in [-0.15, -0.1) is 11.8 Å². The van der Waals surface area contributed by atoms with Gasteiger partial charge in [0.25, 0.3) is 5.91 Å². The third-order valence-electron chi connectivity index (χ3n) is 4.57. The van der Waals surface area contributed by atoms with Gasteiger partial charge in [0.15, 0.2) is 0 Å². The van der Waals surface area contributed by atoms with Crippen LogP contribution in [0.25, 0.3) is 0 Å². The standard InChI is InChI=1S/C20H27N5OS/c1-15-23-18(14-19(24-15)25-12-4-3-5-13-25)21-10-11-22-20(26)16-6-8-17(27-2)9-7-16/h6-9,14H,3-5,10-13H2,1-2H3,(H,22,26)(H,21,23,24). The molecule has 1 aliphatic rings. The van der Waals surface area contributed by atoms with Gasteiger partial charge < -0.3 is 15.5 Å². The predicted molar refractivity (Wildman–Crippen MR) is 112 cm³/mol. The highest BCUT2D eigenvalue weighted by Gasteiger charge is 2.13. The second-order valence-electron chi connectivity index (χ2n) is 6.62. The van der Waals surface area contributed by atoms with E-state index in [2.05, 4.69) is 25.5 Å². The Bertz CT molecular complexity index is 759. The van der Waals surface area contributed by atoms with E-state index in [1.165, 1.54) is 19.3 Å². The molecule has 0 radical (unpaired) electrons. The van der Waals surface area contributed by atoms with Crippen LogP contribution in [0.1, 0.15) is 35.4 Å². The van der Waals surface area contributed by atoms with Gasteiger partial charge >= 0.3 is 0 Å². The third kappa shape index (κ3) is 5.60. The largest absolute Gasteiger partial charge is 0.368 e. The summed E-state index contributed by atoms with van der Waals surface area (Å²) < 4.78 is 0. The number of nitrogens with one attached hydrogen (secondary N) is 2. The zero-order chi connectivity index (χ0) is 19.1. The average molecular weight is 386 g/mol. The zero-order valence-corrected chi connectivity index (χ0v) is 16.8. The number of piperidine rings is 1. The van der Waals surface area contributed by atoms with Gasteiger partial charge in [0.2, 0.25) is 0 Å². The number of benzene rings is 1. The molecule has 0 unspecified atom stereocenters. The van der Waals surface area contributed by atoms with Crippen molar-refractivity contribution in [2.45, 2.75) is 31.1 Å². The number of hydrogen-bond donors (Lipinski definition) is 2. The van der Waals surface area contributed by atoms with E-state index in [0.29, 0.717) is 18.7 Å². The molecular formula is C20H27N5OS. The van der Waals surface area contributed by atoms with E-state index in [4.69, 9.17) is 0 Å². The molecule has 0 aliphatic carbocycles. The van der Waals surface area contributed by atoms with E-state index < -0.39 is 0 Å². The Labute approximate surface area is 165 Å². The highest BCUT2D eigenvalue weighted by molar-refractivity contribution is 7.98. The van der Waals surface area contributed by atoms with E-state index >= 15 is 0 Å². The maximum absolute atomic E-state index is 12.2. The summed E-state index contributed by atoms with van der Waals surface area (Å²) in [6, 6.07) is 9.63. The second-order valence-corrected chi connectivity index (χ2v) is 7.50. The first-order valence-electron chi connectivity index (χ1n) is 9.42. The first-order valence-corrected chi connectivity index (χ1v) is 10.6. The van der Waals surface area contributed by atoms with Crippen molar-refractivity contribution >= 4 is 29.3 Å². The van der Waals surface area contributed by atoms with Gasteiger partial charge in [0.1, 0.15) is 17.5 Å². The zero-order valence-electron chi connectivity index (χ0n) is 16.0. The van der Waals surface area contributed by atoms with Crippen molar-refractivity contribution in [3.05, 3.63) is 41.7 Å². The number of amides is 1. The molecule has 1 aromatic heterocycles. The lowest BCUT2D eigenvalue weighted by molar-refractivity contribution is 0.0955. The van der Waals surface area contributed by atoms with E-state index in [1.807, 2.05) is 43.5 Å². The Kier molecular flexibility index (Phi) is 6.92. The van der Waals surface area contributed by atoms with Gasteiger partial charge in [-0.1, -0.05) is 0 Å². The summed E-state index contributed by atoms with van der Waals surface area (Å²) >= 11 is 1.66. The minimum atomic E-state index is -0.0580. The molecule has 1 aliphatic heterocycles. The van der Waals surface area contributed by atoms with Crippen molar-refractivity contribution in [2.75, 3.05) is 42.7 Å². The maximum Gasteiger partial charge on any atom is 0.251 e. The number of hydrogen-bond acceptors (Lipinski definition) is 6. The van der Waals surface area contributed by atoms with Crippen molar-refractivity contribution in [1.82, 2.24) is 15.3 Å². The van der Waals surface area contributed by atoms with Gasteiger partial charge in [-0.25, -0.2) is 9.97 Å². The molecular weight excluding hydrogens is 358 g/mol. The van der Waals surface area contributed by atoms with E-state index in [-0.39, 0.29) is 5.91 Å². The summed E-state index contributed by atoms with van der Waals surface area (Å²) in [6.45, 7) is 5.18. The van der Waals surface area contributed by atoms with Crippen molar-refractivity contribution in [3.63, 3.8) is 0 Å². The predicted octanol–water partition coefficient (Wildman–Crippen LogP) is 3.34. The van der Waals surface area contributed by atoms with E-state index in [0.717, 1.165) is 35.4 Å². The minimum Gasteiger partial charge on any atom is -0.368 e. The van der Waals surface area contributed by atoms with Crippen LogP contribution in [-0.2, 0) is 0 Å². The number of thioether (sulfide) groups is 1. The summed E-state index contributed by atoms with van der Waals surface area (Å²) in [5, 5.41) is 6.23. The molecule has 0 spiro atoms. The monoisotopic (exact) mass is 385 g/mol. The fraction of sp³-hybridized carbons (Fsp3) is 0.450. The molecule has 0 atom stereocenters. The summed E-state index contributed by atoms with van der Waals surface area (Å²) in [6.07, 6.45) is 5.75. The molecule has 1 aromatic carbocycles. The maximum atomic E-state index is 12.2. The second kappa shape index (κ2) is 9.60. The Morgan fingerprint density at radius 3 is 2.56 bits per heavy atom. The first kappa shape index (κ1) is 19.5. The lowest BCUT2D eigenvalue weighted by Crippen LogP contribution is -2.31. The van der Waals surface area contributed by atoms with Crippen LogP contribution in [0.4, 0.5) is 11.6 Å². The number of anilines is 2. The number of carbonyl (C=O) groups is 1. The van der Waals surface area contributed by atoms with Crippen molar-refractivity contribution in [2.24, 2.45) is 0 Å². The summed E-state index contributed by atoms with van der Waals surface area (Å²) in [5.41, 5.74) is 0.679. The topological polar surface area (TPSA) is 70.2 Å². The molecule has 2 aromatic rings. The van der Waals surface area contributed by atoms with E-state index in [1.54, 1.807) is 11.8 Å². The van der Waals surface area contributed by atoms with Crippen molar-refractivity contribution < 1.29 is 4.79 Å². The first-order chi connectivity index (χ1) is 13.2. The molecule has 7 heteroatoms. The van der Waals surface area contributed by atoms with E-state index in [9.17, 15) is 4.79 Å². The quantitative estimate of drug-likeness (QED) is 0.563. The van der Waals surface area contributed by atoms with Gasteiger partial charge in [-0.2, -0.15) is 0 Å². The van der Waals surface area contributed by atoms with Crippen LogP contribution < -0.4 is 15.5 Å². The van der Waals surface area contributed by atoms with Crippen LogP contribution in [-0.4, -0.2) is 48.3 Å². The molecule has 2 N–H and O–H groups in total. The Balaban J connectivity index is 1.49. The van der Waals surface area contributed by atoms with Gasteiger partial charge in [-0.3, -0.25) is 4.79 Å². The Morgan fingerprint density at radius 1 is 1.11 bits per heavy atom. The van der Waals surface area contributed by atoms with Crippen LogP contribution in [0.2, 0.25) is 0 Å². The molecule has 0 saturated carbocycles. The average Bonchev–Trinajstić information content (AvgIpc) is 2.71. The van der Waals surface area contributed by atoms with Crippen LogP contribution >= 0.6 is 11.8 Å². The highest BCUT2D eigenvalue weighted by atomic mass is 32.2. The van der Waals surface area contributed by atoms with Crippen LogP contribution in [0.3, 0.4) is 0 Å². The molecule has 1 amide bonds.